The minimum absolute atomic E-state index is 0.0542. The number of nitrogens with zero attached hydrogens (tertiary/aromatic N) is 1. The van der Waals surface area contributed by atoms with E-state index in [1.165, 1.54) is 6.20 Å². The van der Waals surface area contributed by atoms with Crippen molar-refractivity contribution in [3.63, 3.8) is 0 Å². The maximum atomic E-state index is 11.7. The van der Waals surface area contributed by atoms with Crippen molar-refractivity contribution in [2.24, 2.45) is 11.7 Å². The Hall–Kier alpha value is -2.11. The fourth-order valence-corrected chi connectivity index (χ4v) is 1.64. The highest BCUT2D eigenvalue weighted by molar-refractivity contribution is 5.93. The van der Waals surface area contributed by atoms with Crippen LogP contribution in [-0.2, 0) is 4.79 Å². The zero-order chi connectivity index (χ0) is 14.4. The summed E-state index contributed by atoms with van der Waals surface area (Å²) in [6.45, 7) is 6.17. The lowest BCUT2D eigenvalue weighted by Crippen LogP contribution is -2.39. The molecule has 0 aliphatic carbocycles. The van der Waals surface area contributed by atoms with E-state index in [4.69, 9.17) is 5.73 Å². The molecule has 0 saturated heterocycles. The third kappa shape index (κ3) is 4.24. The summed E-state index contributed by atoms with van der Waals surface area (Å²) in [4.78, 5) is 27.0. The molecule has 4 N–H and O–H groups in total. The van der Waals surface area contributed by atoms with E-state index in [9.17, 15) is 9.59 Å². The van der Waals surface area contributed by atoms with Crippen molar-refractivity contribution in [3.05, 3.63) is 24.0 Å². The Bertz CT molecular complexity index is 460. The van der Waals surface area contributed by atoms with Crippen LogP contribution in [0.3, 0.4) is 0 Å². The van der Waals surface area contributed by atoms with Gasteiger partial charge in [0.2, 0.25) is 5.91 Å². The van der Waals surface area contributed by atoms with Crippen LogP contribution in [0.5, 0.6) is 0 Å². The molecule has 6 nitrogen and oxygen atoms in total. The predicted molar refractivity (Wildman–Crippen MR) is 73.7 cm³/mol. The summed E-state index contributed by atoms with van der Waals surface area (Å²) in [6.07, 6.45) is 1.52. The van der Waals surface area contributed by atoms with Crippen molar-refractivity contribution < 1.29 is 9.59 Å². The van der Waals surface area contributed by atoms with Crippen LogP contribution in [0.2, 0.25) is 0 Å². The van der Waals surface area contributed by atoms with E-state index in [-0.39, 0.29) is 11.8 Å². The standard InChI is InChI=1S/C13H20N4O2/c1-4-15-13(19)10-7-9(5-6-16-10)17-11(8(2)3)12(14)18/h5-8,11H,4H2,1-3H3,(H2,14,18)(H,15,19)(H,16,17). The molecule has 2 amide bonds. The second-order valence-corrected chi connectivity index (χ2v) is 4.56. The Kier molecular flexibility index (Phi) is 5.29. The number of anilines is 1. The molecular weight excluding hydrogens is 244 g/mol. The van der Waals surface area contributed by atoms with E-state index in [1.54, 1.807) is 12.1 Å². The number of primary amides is 1. The lowest BCUT2D eigenvalue weighted by Gasteiger charge is -2.20. The molecule has 0 fully saturated rings. The van der Waals surface area contributed by atoms with E-state index in [0.717, 1.165) is 0 Å². The van der Waals surface area contributed by atoms with Gasteiger partial charge in [-0.2, -0.15) is 0 Å². The number of amides is 2. The number of hydrogen-bond acceptors (Lipinski definition) is 4. The van der Waals surface area contributed by atoms with Gasteiger partial charge >= 0.3 is 0 Å². The van der Waals surface area contributed by atoms with Crippen LogP contribution in [0.15, 0.2) is 18.3 Å². The first-order valence-electron chi connectivity index (χ1n) is 6.25. The summed E-state index contributed by atoms with van der Waals surface area (Å²) in [6, 6.07) is 2.81. The fraction of sp³-hybridized carbons (Fsp3) is 0.462. The zero-order valence-corrected chi connectivity index (χ0v) is 11.4. The van der Waals surface area contributed by atoms with E-state index in [2.05, 4.69) is 15.6 Å². The van der Waals surface area contributed by atoms with Gasteiger partial charge in [0, 0.05) is 18.4 Å². The minimum atomic E-state index is -0.482. The van der Waals surface area contributed by atoms with Crippen LogP contribution in [0.1, 0.15) is 31.3 Å². The number of carbonyl (C=O) groups excluding carboxylic acids is 2. The van der Waals surface area contributed by atoms with Crippen LogP contribution in [-0.4, -0.2) is 29.4 Å². The highest BCUT2D eigenvalue weighted by Gasteiger charge is 2.19. The highest BCUT2D eigenvalue weighted by atomic mass is 16.2. The molecule has 1 aromatic heterocycles. The number of nitrogens with one attached hydrogen (secondary N) is 2. The number of nitrogens with two attached hydrogens (primary N) is 1. The molecule has 0 aromatic carbocycles. The number of carbonyl (C=O) groups is 2. The number of aromatic nitrogens is 1. The largest absolute Gasteiger partial charge is 0.373 e. The molecule has 0 aliphatic rings. The molecule has 19 heavy (non-hydrogen) atoms. The van der Waals surface area contributed by atoms with Gasteiger partial charge in [-0.05, 0) is 25.0 Å². The molecule has 0 radical (unpaired) electrons. The summed E-state index contributed by atoms with van der Waals surface area (Å²) in [5, 5.41) is 5.69. The normalized spacial score (nSPS) is 12.0. The van der Waals surface area contributed by atoms with Crippen molar-refractivity contribution >= 4 is 17.5 Å². The van der Waals surface area contributed by atoms with Crippen molar-refractivity contribution in [1.29, 1.82) is 0 Å². The molecule has 1 aromatic rings. The van der Waals surface area contributed by atoms with Crippen LogP contribution in [0.25, 0.3) is 0 Å². The maximum absolute atomic E-state index is 11.7. The summed E-state index contributed by atoms with van der Waals surface area (Å²) >= 11 is 0. The smallest absolute Gasteiger partial charge is 0.269 e. The molecule has 1 heterocycles. The first-order chi connectivity index (χ1) is 8.95. The quantitative estimate of drug-likeness (QED) is 0.706. The summed E-state index contributed by atoms with van der Waals surface area (Å²) in [7, 11) is 0. The van der Waals surface area contributed by atoms with Gasteiger partial charge in [0.05, 0.1) is 0 Å². The van der Waals surface area contributed by atoms with Gasteiger partial charge in [-0.1, -0.05) is 13.8 Å². The van der Waals surface area contributed by atoms with Crippen LogP contribution < -0.4 is 16.4 Å². The van der Waals surface area contributed by atoms with Crippen molar-refractivity contribution in [1.82, 2.24) is 10.3 Å². The zero-order valence-electron chi connectivity index (χ0n) is 11.4. The molecule has 104 valence electrons. The molecular formula is C13H20N4O2. The number of pyridine rings is 1. The van der Waals surface area contributed by atoms with Crippen LogP contribution >= 0.6 is 0 Å². The van der Waals surface area contributed by atoms with Crippen molar-refractivity contribution in [3.8, 4) is 0 Å². The van der Waals surface area contributed by atoms with Gasteiger partial charge in [0.15, 0.2) is 0 Å². The fourth-order valence-electron chi connectivity index (χ4n) is 1.64. The Balaban J connectivity index is 2.87. The van der Waals surface area contributed by atoms with E-state index < -0.39 is 11.9 Å². The van der Waals surface area contributed by atoms with E-state index >= 15 is 0 Å². The van der Waals surface area contributed by atoms with E-state index in [1.807, 2.05) is 20.8 Å². The first kappa shape index (κ1) is 14.9. The summed E-state index contributed by atoms with van der Waals surface area (Å²) < 4.78 is 0. The van der Waals surface area contributed by atoms with Crippen LogP contribution in [0.4, 0.5) is 5.69 Å². The van der Waals surface area contributed by atoms with Gasteiger partial charge in [-0.3, -0.25) is 14.6 Å². The van der Waals surface area contributed by atoms with Gasteiger partial charge in [0.25, 0.3) is 5.91 Å². The predicted octanol–water partition coefficient (Wildman–Crippen LogP) is 0.753. The van der Waals surface area contributed by atoms with Gasteiger partial charge in [-0.25, -0.2) is 0 Å². The maximum Gasteiger partial charge on any atom is 0.269 e. The lowest BCUT2D eigenvalue weighted by atomic mass is 10.0. The Morgan fingerprint density at radius 1 is 1.42 bits per heavy atom. The highest BCUT2D eigenvalue weighted by Crippen LogP contribution is 2.13. The molecule has 0 spiro atoms. The SMILES string of the molecule is CCNC(=O)c1cc(NC(C(N)=O)C(C)C)ccn1. The molecule has 1 atom stereocenters. The van der Waals surface area contributed by atoms with Gasteiger partial charge in [-0.15, -0.1) is 0 Å². The molecule has 1 rings (SSSR count). The number of hydrogen-bond donors (Lipinski definition) is 3. The van der Waals surface area contributed by atoms with Gasteiger partial charge < -0.3 is 16.4 Å². The number of rotatable bonds is 6. The third-order valence-corrected chi connectivity index (χ3v) is 2.63. The Morgan fingerprint density at radius 3 is 2.63 bits per heavy atom. The lowest BCUT2D eigenvalue weighted by molar-refractivity contribution is -0.119. The van der Waals surface area contributed by atoms with Crippen molar-refractivity contribution in [2.45, 2.75) is 26.8 Å². The minimum Gasteiger partial charge on any atom is -0.373 e. The Morgan fingerprint density at radius 2 is 2.11 bits per heavy atom. The molecule has 1 unspecified atom stereocenters. The topological polar surface area (TPSA) is 97.1 Å². The second-order valence-electron chi connectivity index (χ2n) is 4.56. The average molecular weight is 264 g/mol. The second kappa shape index (κ2) is 6.72. The molecule has 6 heteroatoms. The first-order valence-corrected chi connectivity index (χ1v) is 6.25. The van der Waals surface area contributed by atoms with Crippen molar-refractivity contribution in [2.75, 3.05) is 11.9 Å². The third-order valence-electron chi connectivity index (χ3n) is 2.63. The summed E-state index contributed by atoms with van der Waals surface area (Å²) in [5.74, 6) is -0.615. The Labute approximate surface area is 112 Å². The molecule has 0 aliphatic heterocycles. The van der Waals surface area contributed by atoms with Gasteiger partial charge in [0.1, 0.15) is 11.7 Å². The molecule has 0 saturated carbocycles. The monoisotopic (exact) mass is 264 g/mol. The summed E-state index contributed by atoms with van der Waals surface area (Å²) in [5.41, 5.74) is 6.29. The van der Waals surface area contributed by atoms with E-state index in [0.29, 0.717) is 17.9 Å². The average Bonchev–Trinajstić information content (AvgIpc) is 2.36. The molecule has 0 bridgehead atoms. The van der Waals surface area contributed by atoms with Crippen LogP contribution in [0, 0.1) is 5.92 Å².